The number of likely N-dealkylation sites (tertiary alicyclic amines) is 1. The Kier molecular flexibility index (Phi) is 5.60. The lowest BCUT2D eigenvalue weighted by Crippen LogP contribution is -2.37. The van der Waals surface area contributed by atoms with Crippen LogP contribution in [0.1, 0.15) is 39.6 Å². The molecule has 0 radical (unpaired) electrons. The summed E-state index contributed by atoms with van der Waals surface area (Å²) in [6.07, 6.45) is 5.50. The summed E-state index contributed by atoms with van der Waals surface area (Å²) in [6.45, 7) is 2.08. The first-order valence-electron chi connectivity index (χ1n) is 10.0. The van der Waals surface area contributed by atoms with E-state index >= 15 is 0 Å². The molecule has 1 fully saturated rings. The van der Waals surface area contributed by atoms with Crippen molar-refractivity contribution in [3.05, 3.63) is 64.5 Å². The molecule has 1 aliphatic heterocycles. The first-order valence-corrected chi connectivity index (χ1v) is 13.4. The number of thiophene rings is 1. The highest BCUT2D eigenvalue weighted by Crippen LogP contribution is 2.34. The number of fused-ring (bicyclic) bond motifs is 1. The summed E-state index contributed by atoms with van der Waals surface area (Å²) >= 11 is 1.51. The fraction of sp³-hybridized carbons (Fsp3) is 0.348. The SMILES string of the molecule is C[SH](C)(=O)c1cccc2sc(C(=O)N3CCC(c4cccc(CN)c4)CC3)cc12. The van der Waals surface area contributed by atoms with Crippen molar-refractivity contribution in [2.75, 3.05) is 25.6 Å². The quantitative estimate of drug-likeness (QED) is 0.617. The Morgan fingerprint density at radius 2 is 1.86 bits per heavy atom. The molecule has 6 heteroatoms. The van der Waals surface area contributed by atoms with Gasteiger partial charge in [0.2, 0.25) is 0 Å². The van der Waals surface area contributed by atoms with Crippen LogP contribution in [0.15, 0.2) is 53.4 Å². The van der Waals surface area contributed by atoms with Crippen LogP contribution in [0.5, 0.6) is 0 Å². The molecule has 3 aromatic rings. The third-order valence-corrected chi connectivity index (χ3v) is 8.41. The van der Waals surface area contributed by atoms with E-state index in [1.807, 2.05) is 29.2 Å². The number of rotatable bonds is 4. The minimum Gasteiger partial charge on any atom is -0.338 e. The van der Waals surface area contributed by atoms with Crippen molar-refractivity contribution in [2.45, 2.75) is 30.2 Å². The maximum Gasteiger partial charge on any atom is 0.263 e. The number of hydrogen-bond donors (Lipinski definition) is 2. The van der Waals surface area contributed by atoms with Gasteiger partial charge in [-0.05, 0) is 60.6 Å². The average molecular weight is 429 g/mol. The predicted molar refractivity (Wildman–Crippen MR) is 124 cm³/mol. The second-order valence-corrected chi connectivity index (χ2v) is 12.4. The topological polar surface area (TPSA) is 63.4 Å². The van der Waals surface area contributed by atoms with E-state index in [9.17, 15) is 9.00 Å². The van der Waals surface area contributed by atoms with Crippen LogP contribution in [0.25, 0.3) is 10.1 Å². The highest BCUT2D eigenvalue weighted by Gasteiger charge is 2.26. The molecular formula is C23H28N2O2S2. The summed E-state index contributed by atoms with van der Waals surface area (Å²) < 4.78 is 13.7. The number of nitrogens with two attached hydrogens (primary N) is 1. The van der Waals surface area contributed by atoms with Crippen molar-refractivity contribution in [3.63, 3.8) is 0 Å². The van der Waals surface area contributed by atoms with Crippen molar-refractivity contribution in [2.24, 2.45) is 5.73 Å². The number of benzene rings is 2. The van der Waals surface area contributed by atoms with Gasteiger partial charge in [-0.3, -0.25) is 9.00 Å². The molecule has 1 aromatic heterocycles. The van der Waals surface area contributed by atoms with Crippen molar-refractivity contribution < 1.29 is 9.00 Å². The fourth-order valence-electron chi connectivity index (χ4n) is 4.17. The normalized spacial score (nSPS) is 16.3. The van der Waals surface area contributed by atoms with E-state index in [1.165, 1.54) is 16.9 Å². The van der Waals surface area contributed by atoms with Crippen molar-refractivity contribution in [1.29, 1.82) is 0 Å². The Labute approximate surface area is 177 Å². The van der Waals surface area contributed by atoms with Gasteiger partial charge in [0.05, 0.1) is 4.88 Å². The van der Waals surface area contributed by atoms with E-state index in [4.69, 9.17) is 5.73 Å². The van der Waals surface area contributed by atoms with Crippen LogP contribution in [0.4, 0.5) is 0 Å². The van der Waals surface area contributed by atoms with E-state index in [0.717, 1.165) is 51.4 Å². The molecule has 4 nitrogen and oxygen atoms in total. The smallest absolute Gasteiger partial charge is 0.263 e. The first kappa shape index (κ1) is 20.3. The van der Waals surface area contributed by atoms with Crippen LogP contribution in [0.3, 0.4) is 0 Å². The molecule has 2 aromatic carbocycles. The monoisotopic (exact) mass is 428 g/mol. The van der Waals surface area contributed by atoms with E-state index < -0.39 is 9.93 Å². The van der Waals surface area contributed by atoms with Gasteiger partial charge in [0, 0.05) is 34.6 Å². The lowest BCUT2D eigenvalue weighted by molar-refractivity contribution is 0.0718. The maximum absolute atomic E-state index is 13.1. The molecule has 29 heavy (non-hydrogen) atoms. The lowest BCUT2D eigenvalue weighted by atomic mass is 9.88. The number of piperidine rings is 1. The van der Waals surface area contributed by atoms with Crippen LogP contribution in [0.2, 0.25) is 0 Å². The number of hydrogen-bond acceptors (Lipinski definition) is 4. The molecule has 1 aliphatic rings. The zero-order valence-corrected chi connectivity index (χ0v) is 18.6. The first-order chi connectivity index (χ1) is 13.9. The molecule has 0 atom stereocenters. The van der Waals surface area contributed by atoms with Crippen LogP contribution < -0.4 is 5.73 Å². The average Bonchev–Trinajstić information content (AvgIpc) is 3.17. The maximum atomic E-state index is 13.1. The zero-order chi connectivity index (χ0) is 20.6. The Balaban J connectivity index is 1.50. The lowest BCUT2D eigenvalue weighted by Gasteiger charge is -2.32. The third kappa shape index (κ3) is 4.15. The Morgan fingerprint density at radius 3 is 2.55 bits per heavy atom. The summed E-state index contributed by atoms with van der Waals surface area (Å²) in [4.78, 5) is 16.7. The minimum absolute atomic E-state index is 0.0911. The summed E-state index contributed by atoms with van der Waals surface area (Å²) in [5.74, 6) is 0.568. The molecule has 0 unspecified atom stereocenters. The largest absolute Gasteiger partial charge is 0.338 e. The summed E-state index contributed by atoms with van der Waals surface area (Å²) in [7, 11) is -2.39. The van der Waals surface area contributed by atoms with E-state index in [0.29, 0.717) is 12.5 Å². The minimum atomic E-state index is -2.39. The molecule has 0 aliphatic carbocycles. The molecule has 0 saturated carbocycles. The molecule has 1 amide bonds. The Morgan fingerprint density at radius 1 is 1.14 bits per heavy atom. The van der Waals surface area contributed by atoms with Gasteiger partial charge in [0.1, 0.15) is 0 Å². The van der Waals surface area contributed by atoms with Crippen LogP contribution in [-0.2, 0) is 16.5 Å². The highest BCUT2D eigenvalue weighted by atomic mass is 32.2. The van der Waals surface area contributed by atoms with E-state index in [1.54, 1.807) is 12.5 Å². The van der Waals surface area contributed by atoms with Gasteiger partial charge >= 0.3 is 0 Å². The molecule has 0 bridgehead atoms. The molecule has 4 rings (SSSR count). The Bertz CT molecular complexity index is 1090. The number of amides is 1. The van der Waals surface area contributed by atoms with Gasteiger partial charge in [-0.1, -0.05) is 40.3 Å². The fourth-order valence-corrected chi connectivity index (χ4v) is 6.51. The highest BCUT2D eigenvalue weighted by molar-refractivity contribution is 8.02. The van der Waals surface area contributed by atoms with Gasteiger partial charge < -0.3 is 10.6 Å². The van der Waals surface area contributed by atoms with Crippen LogP contribution in [-0.4, -0.2) is 40.6 Å². The van der Waals surface area contributed by atoms with Crippen LogP contribution in [0, 0.1) is 0 Å². The van der Waals surface area contributed by atoms with Gasteiger partial charge in [0.15, 0.2) is 0 Å². The molecule has 1 saturated heterocycles. The summed E-state index contributed by atoms with van der Waals surface area (Å²) in [5, 5.41) is 0.961. The van der Waals surface area contributed by atoms with Crippen molar-refractivity contribution in [3.8, 4) is 0 Å². The van der Waals surface area contributed by atoms with Gasteiger partial charge in [-0.25, -0.2) is 0 Å². The summed E-state index contributed by atoms with van der Waals surface area (Å²) in [6, 6.07) is 16.3. The van der Waals surface area contributed by atoms with E-state index in [2.05, 4.69) is 24.3 Å². The van der Waals surface area contributed by atoms with E-state index in [-0.39, 0.29) is 5.91 Å². The van der Waals surface area contributed by atoms with Gasteiger partial charge in [-0.2, -0.15) is 0 Å². The van der Waals surface area contributed by atoms with Crippen molar-refractivity contribution in [1.82, 2.24) is 4.90 Å². The van der Waals surface area contributed by atoms with Crippen LogP contribution >= 0.6 is 11.3 Å². The second kappa shape index (κ2) is 8.01. The van der Waals surface area contributed by atoms with Crippen molar-refractivity contribution >= 4 is 37.3 Å². The number of thiol groups is 1. The number of carbonyl (C=O) groups excluding carboxylic acids is 1. The molecular weight excluding hydrogens is 400 g/mol. The number of carbonyl (C=O) groups is 1. The van der Waals surface area contributed by atoms with Gasteiger partial charge in [-0.15, -0.1) is 11.3 Å². The third-order valence-electron chi connectivity index (χ3n) is 5.77. The van der Waals surface area contributed by atoms with Gasteiger partial charge in [0.25, 0.3) is 5.91 Å². The number of nitrogens with zero attached hydrogens (tertiary/aromatic N) is 1. The standard InChI is InChI=1S/C23H28N2O2S2/c1-29(2,27)22-8-4-7-20-19(22)14-21(28-20)23(26)25-11-9-17(10-12-25)18-6-3-5-16(13-18)15-24/h3-8,13-14,17,29H,9-12,15,24H2,1-2H3. The molecule has 2 heterocycles. The molecule has 154 valence electrons. The zero-order valence-electron chi connectivity index (χ0n) is 16.9. The predicted octanol–water partition coefficient (Wildman–Crippen LogP) is 4.02. The Hall–Kier alpha value is -2.02. The molecule has 0 spiro atoms. The summed E-state index contributed by atoms with van der Waals surface area (Å²) in [5.41, 5.74) is 8.26. The second-order valence-electron chi connectivity index (χ2n) is 8.17. The molecule has 2 N–H and O–H groups in total.